The maximum atomic E-state index is 10.8. The van der Waals surface area contributed by atoms with Crippen LogP contribution in [0.1, 0.15) is 19.8 Å². The lowest BCUT2D eigenvalue weighted by Crippen LogP contribution is -2.25. The Kier molecular flexibility index (Phi) is 4.32. The lowest BCUT2D eigenvalue weighted by atomic mass is 9.86. The normalized spacial score (nSPS) is 15.9. The minimum Gasteiger partial charge on any atom is -0.481 e. The van der Waals surface area contributed by atoms with Crippen LogP contribution >= 0.6 is 0 Å². The molecule has 0 fully saturated rings. The van der Waals surface area contributed by atoms with Crippen LogP contribution in [-0.2, 0) is 14.6 Å². The fraction of sp³-hybridized carbons (Fsp3) is 0.667. The van der Waals surface area contributed by atoms with E-state index in [4.69, 9.17) is 5.11 Å². The van der Waals surface area contributed by atoms with E-state index in [1.54, 1.807) is 0 Å². The molecular formula is C9H16O4S. The third-order valence-corrected chi connectivity index (χ3v) is 3.18. The summed E-state index contributed by atoms with van der Waals surface area (Å²) in [6.07, 6.45) is 3.11. The van der Waals surface area contributed by atoms with E-state index in [1.807, 2.05) is 0 Å². The fourth-order valence-electron chi connectivity index (χ4n) is 0.998. The van der Waals surface area contributed by atoms with Gasteiger partial charge in [0.2, 0.25) is 0 Å². The number of carbonyl (C=O) groups is 1. The van der Waals surface area contributed by atoms with E-state index in [1.165, 1.54) is 13.0 Å². The van der Waals surface area contributed by atoms with Gasteiger partial charge >= 0.3 is 5.97 Å². The lowest BCUT2D eigenvalue weighted by Gasteiger charge is -2.19. The van der Waals surface area contributed by atoms with Gasteiger partial charge in [-0.15, -0.1) is 6.58 Å². The highest BCUT2D eigenvalue weighted by atomic mass is 32.2. The summed E-state index contributed by atoms with van der Waals surface area (Å²) >= 11 is 0. The molecule has 0 aliphatic carbocycles. The van der Waals surface area contributed by atoms with Crippen LogP contribution in [0.15, 0.2) is 12.7 Å². The molecule has 0 aliphatic rings. The third-order valence-electron chi connectivity index (χ3n) is 2.15. The standard InChI is InChI=1S/C9H16O4S/c1-4-9(2,8(10)11)6-5-7-14(3,12)13/h4H,1,5-7H2,2-3H3,(H,10,11). The van der Waals surface area contributed by atoms with Gasteiger partial charge < -0.3 is 5.11 Å². The molecule has 0 aromatic carbocycles. The van der Waals surface area contributed by atoms with E-state index < -0.39 is 21.2 Å². The Balaban J connectivity index is 4.24. The Hall–Kier alpha value is -0.840. The molecule has 0 rings (SSSR count). The number of carboxylic acids is 1. The fourth-order valence-corrected chi connectivity index (χ4v) is 1.67. The van der Waals surface area contributed by atoms with Gasteiger partial charge in [0.05, 0.1) is 5.41 Å². The average molecular weight is 220 g/mol. The smallest absolute Gasteiger partial charge is 0.313 e. The van der Waals surface area contributed by atoms with Crippen molar-refractivity contribution in [2.45, 2.75) is 19.8 Å². The summed E-state index contributed by atoms with van der Waals surface area (Å²) < 4.78 is 21.6. The molecule has 14 heavy (non-hydrogen) atoms. The zero-order chi connectivity index (χ0) is 11.4. The molecule has 0 saturated carbocycles. The number of rotatable bonds is 6. The molecular weight excluding hydrogens is 204 g/mol. The first-order valence-corrected chi connectivity index (χ1v) is 6.32. The summed E-state index contributed by atoms with van der Waals surface area (Å²) in [7, 11) is -3.01. The summed E-state index contributed by atoms with van der Waals surface area (Å²) in [5.41, 5.74) is -1.02. The van der Waals surface area contributed by atoms with E-state index in [-0.39, 0.29) is 5.75 Å². The molecule has 1 N–H and O–H groups in total. The zero-order valence-corrected chi connectivity index (χ0v) is 9.30. The van der Waals surface area contributed by atoms with Crippen LogP contribution in [-0.4, -0.2) is 31.5 Å². The van der Waals surface area contributed by atoms with Crippen molar-refractivity contribution in [1.29, 1.82) is 0 Å². The largest absolute Gasteiger partial charge is 0.481 e. The molecule has 0 spiro atoms. The minimum absolute atomic E-state index is 0.0176. The topological polar surface area (TPSA) is 71.4 Å². The summed E-state index contributed by atoms with van der Waals surface area (Å²) in [6, 6.07) is 0. The average Bonchev–Trinajstić information content (AvgIpc) is 2.01. The van der Waals surface area contributed by atoms with Crippen LogP contribution in [0.5, 0.6) is 0 Å². The van der Waals surface area contributed by atoms with Gasteiger partial charge in [-0.05, 0) is 19.8 Å². The van der Waals surface area contributed by atoms with Gasteiger partial charge in [0.1, 0.15) is 9.84 Å². The van der Waals surface area contributed by atoms with Crippen molar-refractivity contribution in [2.24, 2.45) is 5.41 Å². The second-order valence-corrected chi connectivity index (χ2v) is 5.92. The van der Waals surface area contributed by atoms with Crippen molar-refractivity contribution < 1.29 is 18.3 Å². The number of hydrogen-bond donors (Lipinski definition) is 1. The summed E-state index contributed by atoms with van der Waals surface area (Å²) in [6.45, 7) is 4.97. The van der Waals surface area contributed by atoms with Crippen molar-refractivity contribution in [3.8, 4) is 0 Å². The first-order chi connectivity index (χ1) is 6.21. The van der Waals surface area contributed by atoms with Crippen molar-refractivity contribution in [3.63, 3.8) is 0 Å². The molecule has 1 atom stereocenters. The van der Waals surface area contributed by atoms with E-state index in [2.05, 4.69) is 6.58 Å². The molecule has 0 heterocycles. The van der Waals surface area contributed by atoms with Gasteiger partial charge in [0, 0.05) is 12.0 Å². The maximum Gasteiger partial charge on any atom is 0.313 e. The van der Waals surface area contributed by atoms with Crippen molar-refractivity contribution in [3.05, 3.63) is 12.7 Å². The minimum atomic E-state index is -3.01. The predicted molar refractivity (Wildman–Crippen MR) is 54.9 cm³/mol. The Labute approximate surface area is 84.6 Å². The molecule has 0 radical (unpaired) electrons. The predicted octanol–water partition coefficient (Wildman–Crippen LogP) is 1.09. The molecule has 0 aromatic heterocycles. The van der Waals surface area contributed by atoms with Gasteiger partial charge in [-0.25, -0.2) is 8.42 Å². The van der Waals surface area contributed by atoms with Gasteiger partial charge in [-0.3, -0.25) is 4.79 Å². The first kappa shape index (κ1) is 13.2. The van der Waals surface area contributed by atoms with Gasteiger partial charge in [0.25, 0.3) is 0 Å². The molecule has 0 aliphatic heterocycles. The van der Waals surface area contributed by atoms with Crippen molar-refractivity contribution in [1.82, 2.24) is 0 Å². The highest BCUT2D eigenvalue weighted by Gasteiger charge is 2.28. The monoisotopic (exact) mass is 220 g/mol. The molecule has 0 amide bonds. The number of aliphatic carboxylic acids is 1. The highest BCUT2D eigenvalue weighted by Crippen LogP contribution is 2.24. The third kappa shape index (κ3) is 4.41. The van der Waals surface area contributed by atoms with Crippen LogP contribution < -0.4 is 0 Å². The molecule has 1 unspecified atom stereocenters. The number of sulfone groups is 1. The quantitative estimate of drug-likeness (QED) is 0.680. The Morgan fingerprint density at radius 2 is 2.07 bits per heavy atom. The lowest BCUT2D eigenvalue weighted by molar-refractivity contribution is -0.145. The van der Waals surface area contributed by atoms with Crippen LogP contribution in [0.3, 0.4) is 0 Å². The molecule has 4 nitrogen and oxygen atoms in total. The second-order valence-electron chi connectivity index (χ2n) is 3.66. The number of hydrogen-bond acceptors (Lipinski definition) is 3. The van der Waals surface area contributed by atoms with Crippen molar-refractivity contribution in [2.75, 3.05) is 12.0 Å². The maximum absolute atomic E-state index is 10.8. The highest BCUT2D eigenvalue weighted by molar-refractivity contribution is 7.90. The Morgan fingerprint density at radius 3 is 2.36 bits per heavy atom. The van der Waals surface area contributed by atoms with Crippen LogP contribution in [0.4, 0.5) is 0 Å². The summed E-state index contributed by atoms with van der Waals surface area (Å²) in [5, 5.41) is 8.84. The molecule has 0 saturated heterocycles. The molecule has 0 aromatic rings. The van der Waals surface area contributed by atoms with Crippen LogP contribution in [0.2, 0.25) is 0 Å². The Morgan fingerprint density at radius 1 is 1.57 bits per heavy atom. The van der Waals surface area contributed by atoms with Crippen LogP contribution in [0.25, 0.3) is 0 Å². The summed E-state index contributed by atoms with van der Waals surface area (Å²) in [5.74, 6) is -0.954. The van der Waals surface area contributed by atoms with Crippen molar-refractivity contribution >= 4 is 15.8 Å². The van der Waals surface area contributed by atoms with E-state index in [0.717, 1.165) is 6.26 Å². The Bertz CT molecular complexity index is 318. The zero-order valence-electron chi connectivity index (χ0n) is 8.49. The van der Waals surface area contributed by atoms with Crippen LogP contribution in [0, 0.1) is 5.41 Å². The van der Waals surface area contributed by atoms with E-state index in [0.29, 0.717) is 12.8 Å². The number of carboxylic acid groups (broad SMARTS) is 1. The van der Waals surface area contributed by atoms with E-state index >= 15 is 0 Å². The second kappa shape index (κ2) is 4.59. The first-order valence-electron chi connectivity index (χ1n) is 4.26. The summed E-state index contributed by atoms with van der Waals surface area (Å²) in [4.78, 5) is 10.8. The van der Waals surface area contributed by atoms with Gasteiger partial charge in [-0.1, -0.05) is 6.08 Å². The SMILES string of the molecule is C=CC(C)(CCCS(C)(=O)=O)C(=O)O. The van der Waals surface area contributed by atoms with Gasteiger partial charge in [0.15, 0.2) is 0 Å². The molecule has 82 valence electrons. The van der Waals surface area contributed by atoms with E-state index in [9.17, 15) is 13.2 Å². The van der Waals surface area contributed by atoms with Gasteiger partial charge in [-0.2, -0.15) is 0 Å². The molecule has 0 bridgehead atoms. The molecule has 5 heteroatoms.